The van der Waals surface area contributed by atoms with Crippen LogP contribution < -0.4 is 10.0 Å². The summed E-state index contributed by atoms with van der Waals surface area (Å²) in [6, 6.07) is 2.43. The van der Waals surface area contributed by atoms with Crippen LogP contribution in [0.2, 0.25) is 0 Å². The summed E-state index contributed by atoms with van der Waals surface area (Å²) in [7, 11) is -2.37. The summed E-state index contributed by atoms with van der Waals surface area (Å²) in [6.45, 7) is 3.10. The Morgan fingerprint density at radius 3 is 2.50 bits per heavy atom. The van der Waals surface area contributed by atoms with Crippen LogP contribution in [0.5, 0.6) is 0 Å². The fourth-order valence-corrected chi connectivity index (χ4v) is 5.70. The Hall–Kier alpha value is -2.86. The second kappa shape index (κ2) is 10.6. The average Bonchev–Trinajstić information content (AvgIpc) is 3.10. The third-order valence-corrected chi connectivity index (χ3v) is 7.53. The van der Waals surface area contributed by atoms with Crippen molar-refractivity contribution in [2.24, 2.45) is 5.92 Å². The summed E-state index contributed by atoms with van der Waals surface area (Å²) < 4.78 is 60.1. The largest absolute Gasteiger partial charge is 0.360 e. The minimum absolute atomic E-state index is 0.0209. The number of hydrogen-bond donors (Lipinski definition) is 2. The molecule has 2 heterocycles. The molecule has 0 radical (unpaired) electrons. The van der Waals surface area contributed by atoms with E-state index in [4.69, 9.17) is 4.52 Å². The SMILES string of the molecule is Cc1noc(C)c1S(=O)(=O)NC1CCCC(C(=O)NCc2cc(F)cc(F)c2)CC(=O)N(C)C1. The van der Waals surface area contributed by atoms with E-state index >= 15 is 0 Å². The van der Waals surface area contributed by atoms with Gasteiger partial charge in [0.1, 0.15) is 22.2 Å². The van der Waals surface area contributed by atoms with Gasteiger partial charge in [0.05, 0.1) is 0 Å². The van der Waals surface area contributed by atoms with Crippen LogP contribution in [0.15, 0.2) is 27.6 Å². The highest BCUT2D eigenvalue weighted by Crippen LogP contribution is 2.22. The fraction of sp³-hybridized carbons (Fsp3) is 0.500. The Bertz CT molecular complexity index is 1130. The molecule has 3 rings (SSSR count). The zero-order chi connectivity index (χ0) is 25.0. The molecule has 1 aliphatic rings. The molecule has 0 saturated carbocycles. The lowest BCUT2D eigenvalue weighted by atomic mass is 9.96. The number of benzene rings is 1. The van der Waals surface area contributed by atoms with E-state index in [1.54, 1.807) is 7.05 Å². The summed E-state index contributed by atoms with van der Waals surface area (Å²) >= 11 is 0. The van der Waals surface area contributed by atoms with Crippen molar-refractivity contribution in [3.05, 3.63) is 46.9 Å². The number of aromatic nitrogens is 1. The number of nitrogens with one attached hydrogen (secondary N) is 2. The second-order valence-corrected chi connectivity index (χ2v) is 10.2. The Kier molecular flexibility index (Phi) is 8.03. The topological polar surface area (TPSA) is 122 Å². The molecule has 2 atom stereocenters. The van der Waals surface area contributed by atoms with Crippen molar-refractivity contribution in [2.45, 2.75) is 57.0 Å². The van der Waals surface area contributed by atoms with Gasteiger partial charge in [-0.2, -0.15) is 0 Å². The van der Waals surface area contributed by atoms with E-state index in [0.29, 0.717) is 19.3 Å². The summed E-state index contributed by atoms with van der Waals surface area (Å²) in [5.74, 6) is -2.66. The smallest absolute Gasteiger partial charge is 0.246 e. The van der Waals surface area contributed by atoms with Crippen LogP contribution >= 0.6 is 0 Å². The van der Waals surface area contributed by atoms with Crippen LogP contribution in [0, 0.1) is 31.4 Å². The quantitative estimate of drug-likeness (QED) is 0.630. The third kappa shape index (κ3) is 6.38. The van der Waals surface area contributed by atoms with Gasteiger partial charge >= 0.3 is 0 Å². The number of carbonyl (C=O) groups is 2. The van der Waals surface area contributed by atoms with Crippen LogP contribution in [0.1, 0.15) is 42.7 Å². The van der Waals surface area contributed by atoms with Crippen molar-refractivity contribution in [2.75, 3.05) is 13.6 Å². The number of aryl methyl sites for hydroxylation is 2. The predicted octanol–water partition coefficient (Wildman–Crippen LogP) is 2.18. The Labute approximate surface area is 196 Å². The minimum atomic E-state index is -3.92. The van der Waals surface area contributed by atoms with E-state index in [0.717, 1.165) is 18.2 Å². The second-order valence-electron chi connectivity index (χ2n) is 8.57. The van der Waals surface area contributed by atoms with Crippen LogP contribution in [-0.2, 0) is 26.2 Å². The molecular formula is C22H28F2N4O5S. The number of rotatable bonds is 6. The molecule has 0 bridgehead atoms. The van der Waals surface area contributed by atoms with Gasteiger partial charge in [-0.25, -0.2) is 21.9 Å². The number of nitrogens with zero attached hydrogens (tertiary/aromatic N) is 2. The Balaban J connectivity index is 1.65. The number of carbonyl (C=O) groups excluding carboxylic acids is 2. The lowest BCUT2D eigenvalue weighted by Gasteiger charge is -2.24. The molecule has 12 heteroatoms. The molecule has 1 saturated heterocycles. The first kappa shape index (κ1) is 25.8. The molecule has 1 aromatic heterocycles. The van der Waals surface area contributed by atoms with Gasteiger partial charge in [0, 0.05) is 44.6 Å². The van der Waals surface area contributed by atoms with Crippen LogP contribution in [0.3, 0.4) is 0 Å². The highest BCUT2D eigenvalue weighted by molar-refractivity contribution is 7.89. The zero-order valence-electron chi connectivity index (χ0n) is 19.2. The minimum Gasteiger partial charge on any atom is -0.360 e. The first-order chi connectivity index (χ1) is 16.0. The van der Waals surface area contributed by atoms with Gasteiger partial charge in [0.25, 0.3) is 0 Å². The molecule has 34 heavy (non-hydrogen) atoms. The molecule has 2 aromatic rings. The number of amides is 2. The Morgan fingerprint density at radius 2 is 1.88 bits per heavy atom. The highest BCUT2D eigenvalue weighted by atomic mass is 32.2. The monoisotopic (exact) mass is 498 g/mol. The van der Waals surface area contributed by atoms with Crippen LogP contribution in [-0.4, -0.2) is 49.9 Å². The molecule has 2 N–H and O–H groups in total. The first-order valence-electron chi connectivity index (χ1n) is 10.9. The zero-order valence-corrected chi connectivity index (χ0v) is 20.0. The fourth-order valence-electron chi connectivity index (χ4n) is 4.11. The van der Waals surface area contributed by atoms with Gasteiger partial charge in [-0.05, 0) is 44.4 Å². The molecule has 9 nitrogen and oxygen atoms in total. The number of hydrogen-bond acceptors (Lipinski definition) is 6. The summed E-state index contributed by atoms with van der Waals surface area (Å²) in [6.07, 6.45) is 1.19. The molecule has 1 aliphatic heterocycles. The molecular weight excluding hydrogens is 470 g/mol. The van der Waals surface area contributed by atoms with E-state index in [9.17, 15) is 26.8 Å². The van der Waals surface area contributed by atoms with E-state index in [1.165, 1.54) is 18.7 Å². The number of halogens is 2. The van der Waals surface area contributed by atoms with Gasteiger partial charge in [-0.15, -0.1) is 0 Å². The number of sulfonamides is 1. The maximum Gasteiger partial charge on any atom is 0.246 e. The van der Waals surface area contributed by atoms with E-state index in [2.05, 4.69) is 15.2 Å². The van der Waals surface area contributed by atoms with Gasteiger partial charge < -0.3 is 14.7 Å². The Morgan fingerprint density at radius 1 is 1.21 bits per heavy atom. The predicted molar refractivity (Wildman–Crippen MR) is 118 cm³/mol. The van der Waals surface area contributed by atoms with Gasteiger partial charge in [0.15, 0.2) is 5.76 Å². The maximum atomic E-state index is 13.4. The lowest BCUT2D eigenvalue weighted by molar-refractivity contribution is -0.135. The molecule has 2 amide bonds. The van der Waals surface area contributed by atoms with Crippen LogP contribution in [0.25, 0.3) is 0 Å². The van der Waals surface area contributed by atoms with Gasteiger partial charge in [-0.1, -0.05) is 11.6 Å². The van der Waals surface area contributed by atoms with Gasteiger partial charge in [0.2, 0.25) is 21.8 Å². The van der Waals surface area contributed by atoms with Crippen molar-refractivity contribution in [1.82, 2.24) is 20.1 Å². The van der Waals surface area contributed by atoms with Crippen molar-refractivity contribution in [3.63, 3.8) is 0 Å². The first-order valence-corrected chi connectivity index (χ1v) is 12.4. The maximum absolute atomic E-state index is 13.4. The molecule has 1 aromatic carbocycles. The standard InChI is InChI=1S/C22H28F2N4O5S/c1-13-21(14(2)33-26-13)34(31,32)27-19-6-4-5-16(9-20(29)28(3)12-19)22(30)25-11-15-7-17(23)10-18(24)8-15/h7-8,10,16,19,27H,4-6,9,11-12H2,1-3H3,(H,25,30). The van der Waals surface area contributed by atoms with Crippen molar-refractivity contribution in [1.29, 1.82) is 0 Å². The van der Waals surface area contributed by atoms with E-state index < -0.39 is 39.5 Å². The summed E-state index contributed by atoms with van der Waals surface area (Å²) in [5.41, 5.74) is 0.513. The average molecular weight is 499 g/mol. The molecule has 186 valence electrons. The van der Waals surface area contributed by atoms with Gasteiger partial charge in [-0.3, -0.25) is 9.59 Å². The molecule has 0 spiro atoms. The van der Waals surface area contributed by atoms with E-state index in [-0.39, 0.29) is 47.3 Å². The highest BCUT2D eigenvalue weighted by Gasteiger charge is 2.31. The van der Waals surface area contributed by atoms with Crippen molar-refractivity contribution in [3.8, 4) is 0 Å². The lowest BCUT2D eigenvalue weighted by Crippen LogP contribution is -2.44. The summed E-state index contributed by atoms with van der Waals surface area (Å²) in [4.78, 5) is 26.8. The molecule has 2 unspecified atom stereocenters. The third-order valence-electron chi connectivity index (χ3n) is 5.76. The normalized spacial score (nSPS) is 19.9. The number of likely N-dealkylation sites (N-methyl/N-ethyl adjacent to an activating group) is 1. The van der Waals surface area contributed by atoms with Crippen molar-refractivity contribution < 1.29 is 31.3 Å². The van der Waals surface area contributed by atoms with E-state index in [1.807, 2.05) is 0 Å². The molecule has 0 aliphatic carbocycles. The molecule has 1 fully saturated rings. The summed E-state index contributed by atoms with van der Waals surface area (Å²) in [5, 5.41) is 6.32. The van der Waals surface area contributed by atoms with Crippen LogP contribution in [0.4, 0.5) is 8.78 Å². The van der Waals surface area contributed by atoms with Crippen molar-refractivity contribution >= 4 is 21.8 Å².